The lowest BCUT2D eigenvalue weighted by Crippen LogP contribution is -2.36. The van der Waals surface area contributed by atoms with E-state index in [1.54, 1.807) is 17.2 Å². The van der Waals surface area contributed by atoms with Crippen molar-refractivity contribution in [2.45, 2.75) is 13.0 Å². The number of aromatic nitrogens is 4. The summed E-state index contributed by atoms with van der Waals surface area (Å²) in [5.41, 5.74) is 3.29. The predicted octanol–water partition coefficient (Wildman–Crippen LogP) is 2.37. The lowest BCUT2D eigenvalue weighted by atomic mass is 10.1. The molecule has 0 bridgehead atoms. The molecule has 1 aliphatic rings. The summed E-state index contributed by atoms with van der Waals surface area (Å²) < 4.78 is 7.17. The van der Waals surface area contributed by atoms with Gasteiger partial charge in [0.1, 0.15) is 12.1 Å². The Kier molecular flexibility index (Phi) is 4.23. The van der Waals surface area contributed by atoms with Crippen LogP contribution in [0.3, 0.4) is 0 Å². The zero-order valence-electron chi connectivity index (χ0n) is 14.5. The van der Waals surface area contributed by atoms with Crippen LogP contribution in [0.25, 0.3) is 11.0 Å². The van der Waals surface area contributed by atoms with Crippen molar-refractivity contribution in [2.75, 3.05) is 36.5 Å². The van der Waals surface area contributed by atoms with Crippen LogP contribution in [-0.4, -0.2) is 46.1 Å². The van der Waals surface area contributed by atoms with E-state index in [-0.39, 0.29) is 6.04 Å². The van der Waals surface area contributed by atoms with Crippen LogP contribution in [-0.2, 0) is 11.8 Å². The molecule has 0 saturated carbocycles. The van der Waals surface area contributed by atoms with E-state index < -0.39 is 0 Å². The molecule has 1 fully saturated rings. The first-order valence-electron chi connectivity index (χ1n) is 8.54. The normalized spacial score (nSPS) is 16.2. The van der Waals surface area contributed by atoms with Gasteiger partial charge in [0, 0.05) is 31.9 Å². The van der Waals surface area contributed by atoms with E-state index in [9.17, 15) is 0 Å². The Morgan fingerprint density at radius 2 is 1.88 bits per heavy atom. The molecule has 25 heavy (non-hydrogen) atoms. The number of hydrogen-bond acceptors (Lipinski definition) is 6. The molecule has 1 N–H and O–H groups in total. The second kappa shape index (κ2) is 6.68. The fourth-order valence-corrected chi connectivity index (χ4v) is 3.16. The van der Waals surface area contributed by atoms with Crippen molar-refractivity contribution in [2.24, 2.45) is 7.05 Å². The molecule has 2 aromatic heterocycles. The minimum absolute atomic E-state index is 0.136. The number of ether oxygens (including phenoxy) is 1. The highest BCUT2D eigenvalue weighted by atomic mass is 16.5. The third kappa shape index (κ3) is 3.15. The maximum absolute atomic E-state index is 5.42. The minimum Gasteiger partial charge on any atom is -0.378 e. The Morgan fingerprint density at radius 3 is 2.64 bits per heavy atom. The molecule has 0 radical (unpaired) electrons. The van der Waals surface area contributed by atoms with E-state index in [1.807, 2.05) is 7.05 Å². The number of anilines is 2. The number of nitrogens with zero attached hydrogens (tertiary/aromatic N) is 5. The van der Waals surface area contributed by atoms with Crippen molar-refractivity contribution in [3.63, 3.8) is 0 Å². The van der Waals surface area contributed by atoms with Crippen LogP contribution in [0, 0.1) is 0 Å². The number of rotatable bonds is 4. The molecule has 130 valence electrons. The number of benzene rings is 1. The number of aryl methyl sites for hydroxylation is 1. The summed E-state index contributed by atoms with van der Waals surface area (Å²) in [6, 6.07) is 8.84. The third-order valence-electron chi connectivity index (χ3n) is 4.65. The Morgan fingerprint density at radius 1 is 1.12 bits per heavy atom. The molecule has 7 heteroatoms. The van der Waals surface area contributed by atoms with Gasteiger partial charge in [-0.25, -0.2) is 9.97 Å². The largest absolute Gasteiger partial charge is 0.378 e. The van der Waals surface area contributed by atoms with E-state index >= 15 is 0 Å². The van der Waals surface area contributed by atoms with Crippen molar-refractivity contribution < 1.29 is 4.74 Å². The molecule has 4 rings (SSSR count). The van der Waals surface area contributed by atoms with E-state index in [4.69, 9.17) is 4.74 Å². The molecular weight excluding hydrogens is 316 g/mol. The average molecular weight is 338 g/mol. The van der Waals surface area contributed by atoms with Crippen molar-refractivity contribution in [3.8, 4) is 0 Å². The second-order valence-corrected chi connectivity index (χ2v) is 6.28. The Bertz CT molecular complexity index is 854. The molecule has 0 aliphatic carbocycles. The van der Waals surface area contributed by atoms with Crippen molar-refractivity contribution >= 4 is 22.5 Å². The van der Waals surface area contributed by atoms with Gasteiger partial charge in [0.25, 0.3) is 0 Å². The van der Waals surface area contributed by atoms with Gasteiger partial charge >= 0.3 is 0 Å². The molecule has 3 heterocycles. The molecule has 0 spiro atoms. The minimum atomic E-state index is 0.136. The Labute approximate surface area is 146 Å². The highest BCUT2D eigenvalue weighted by molar-refractivity contribution is 5.86. The summed E-state index contributed by atoms with van der Waals surface area (Å²) in [6.45, 7) is 5.64. The van der Waals surface area contributed by atoms with Crippen LogP contribution in [0.5, 0.6) is 0 Å². The smallest absolute Gasteiger partial charge is 0.163 e. The molecule has 1 atom stereocenters. The predicted molar refractivity (Wildman–Crippen MR) is 97.8 cm³/mol. The number of hydrogen-bond donors (Lipinski definition) is 1. The highest BCUT2D eigenvalue weighted by Gasteiger charge is 2.14. The summed E-state index contributed by atoms with van der Waals surface area (Å²) in [6.07, 6.45) is 3.37. The van der Waals surface area contributed by atoms with Crippen LogP contribution in [0.15, 0.2) is 36.8 Å². The molecule has 3 aromatic rings. The zero-order valence-corrected chi connectivity index (χ0v) is 14.5. The third-order valence-corrected chi connectivity index (χ3v) is 4.65. The van der Waals surface area contributed by atoms with Crippen molar-refractivity contribution in [1.29, 1.82) is 0 Å². The van der Waals surface area contributed by atoms with Crippen LogP contribution in [0.2, 0.25) is 0 Å². The van der Waals surface area contributed by atoms with Crippen LogP contribution in [0.4, 0.5) is 11.5 Å². The molecule has 1 aromatic carbocycles. The first kappa shape index (κ1) is 15.8. The Hall–Kier alpha value is -2.67. The zero-order chi connectivity index (χ0) is 17.2. The fourth-order valence-electron chi connectivity index (χ4n) is 3.16. The average Bonchev–Trinajstić information content (AvgIpc) is 3.05. The summed E-state index contributed by atoms with van der Waals surface area (Å²) in [4.78, 5) is 11.0. The maximum Gasteiger partial charge on any atom is 0.163 e. The highest BCUT2D eigenvalue weighted by Crippen LogP contribution is 2.25. The summed E-state index contributed by atoms with van der Waals surface area (Å²) in [7, 11) is 1.88. The summed E-state index contributed by atoms with van der Waals surface area (Å²) >= 11 is 0. The molecular formula is C18H22N6O. The SMILES string of the molecule is C[C@H](Nc1ncnc2c1cnn2C)c1ccc(N2CCOCC2)cc1. The first-order chi connectivity index (χ1) is 12.2. The van der Waals surface area contributed by atoms with Gasteiger partial charge in [-0.15, -0.1) is 0 Å². The quantitative estimate of drug-likeness (QED) is 0.788. The van der Waals surface area contributed by atoms with Gasteiger partial charge in [-0.05, 0) is 24.6 Å². The second-order valence-electron chi connectivity index (χ2n) is 6.28. The lowest BCUT2D eigenvalue weighted by Gasteiger charge is -2.29. The van der Waals surface area contributed by atoms with Crippen molar-refractivity contribution in [3.05, 3.63) is 42.4 Å². The monoisotopic (exact) mass is 338 g/mol. The lowest BCUT2D eigenvalue weighted by molar-refractivity contribution is 0.122. The number of morpholine rings is 1. The van der Waals surface area contributed by atoms with E-state index in [1.165, 1.54) is 11.3 Å². The number of fused-ring (bicyclic) bond motifs is 1. The van der Waals surface area contributed by atoms with E-state index in [0.717, 1.165) is 43.2 Å². The van der Waals surface area contributed by atoms with Crippen LogP contribution in [0.1, 0.15) is 18.5 Å². The number of nitrogens with one attached hydrogen (secondary N) is 1. The first-order valence-corrected chi connectivity index (χ1v) is 8.54. The molecule has 0 unspecified atom stereocenters. The van der Waals surface area contributed by atoms with Gasteiger partial charge in [-0.3, -0.25) is 4.68 Å². The van der Waals surface area contributed by atoms with Crippen LogP contribution < -0.4 is 10.2 Å². The van der Waals surface area contributed by atoms with Crippen molar-refractivity contribution in [1.82, 2.24) is 19.7 Å². The van der Waals surface area contributed by atoms with Gasteiger partial charge in [0.2, 0.25) is 0 Å². The molecule has 0 amide bonds. The summed E-state index contributed by atoms with van der Waals surface area (Å²) in [5.74, 6) is 0.808. The van der Waals surface area contributed by atoms with Gasteiger partial charge in [-0.2, -0.15) is 5.10 Å². The van der Waals surface area contributed by atoms with E-state index in [0.29, 0.717) is 0 Å². The van der Waals surface area contributed by atoms with Crippen LogP contribution >= 0.6 is 0 Å². The molecule has 1 saturated heterocycles. The maximum atomic E-state index is 5.42. The van der Waals surface area contributed by atoms with E-state index in [2.05, 4.69) is 56.5 Å². The standard InChI is InChI=1S/C18H22N6O/c1-13(22-17-16-11-21-23(2)18(16)20-12-19-17)14-3-5-15(6-4-14)24-7-9-25-10-8-24/h3-6,11-13H,7-10H2,1-2H3,(H,19,20,22)/t13-/m0/s1. The fraction of sp³-hybridized carbons (Fsp3) is 0.389. The Balaban J connectivity index is 1.51. The molecule has 7 nitrogen and oxygen atoms in total. The topological polar surface area (TPSA) is 68.1 Å². The summed E-state index contributed by atoms with van der Waals surface area (Å²) in [5, 5.41) is 8.67. The van der Waals surface area contributed by atoms with Gasteiger partial charge in [-0.1, -0.05) is 12.1 Å². The van der Waals surface area contributed by atoms with Gasteiger partial charge in [0.05, 0.1) is 24.8 Å². The van der Waals surface area contributed by atoms with Gasteiger partial charge in [0.15, 0.2) is 5.65 Å². The van der Waals surface area contributed by atoms with Gasteiger partial charge < -0.3 is 15.0 Å². The molecule has 1 aliphatic heterocycles.